The molecule has 0 amide bonds. The maximum absolute atomic E-state index is 10.6. The number of nitrogens with one attached hydrogen (secondary N) is 1. The first kappa shape index (κ1) is 14.2. The lowest BCUT2D eigenvalue weighted by atomic mass is 9.86. The van der Waals surface area contributed by atoms with Gasteiger partial charge in [-0.2, -0.15) is 0 Å². The molecule has 112 valence electrons. The number of ether oxygens (including phenoxy) is 1. The molecule has 0 saturated carbocycles. The van der Waals surface area contributed by atoms with Gasteiger partial charge in [0.25, 0.3) is 0 Å². The van der Waals surface area contributed by atoms with Crippen molar-refractivity contribution in [2.24, 2.45) is 0 Å². The zero-order valence-corrected chi connectivity index (χ0v) is 12.3. The summed E-state index contributed by atoms with van der Waals surface area (Å²) in [5, 5.41) is 13.9. The molecule has 5 heteroatoms. The highest BCUT2D eigenvalue weighted by Gasteiger charge is 2.28. The van der Waals surface area contributed by atoms with Crippen LogP contribution in [0.2, 0.25) is 0 Å². The quantitative estimate of drug-likeness (QED) is 0.895. The van der Waals surface area contributed by atoms with Gasteiger partial charge in [-0.25, -0.2) is 4.98 Å². The van der Waals surface area contributed by atoms with E-state index in [4.69, 9.17) is 4.74 Å². The number of aliphatic hydroxyl groups is 1. The molecule has 1 saturated heterocycles. The molecule has 0 bridgehead atoms. The highest BCUT2D eigenvalue weighted by molar-refractivity contribution is 5.78. The van der Waals surface area contributed by atoms with Gasteiger partial charge in [-0.1, -0.05) is 0 Å². The molecule has 0 radical (unpaired) electrons. The van der Waals surface area contributed by atoms with E-state index in [1.165, 1.54) is 0 Å². The number of aromatic nitrogens is 2. The van der Waals surface area contributed by atoms with E-state index in [1.54, 1.807) is 13.3 Å². The van der Waals surface area contributed by atoms with Gasteiger partial charge in [0, 0.05) is 12.3 Å². The van der Waals surface area contributed by atoms with Gasteiger partial charge in [-0.05, 0) is 56.5 Å². The van der Waals surface area contributed by atoms with Gasteiger partial charge in [-0.3, -0.25) is 4.98 Å². The monoisotopic (exact) mass is 287 g/mol. The van der Waals surface area contributed by atoms with E-state index in [-0.39, 0.29) is 0 Å². The van der Waals surface area contributed by atoms with Crippen LogP contribution in [0, 0.1) is 0 Å². The normalized spacial score (nSPS) is 17.8. The molecule has 1 aliphatic rings. The van der Waals surface area contributed by atoms with Crippen molar-refractivity contribution >= 4 is 11.0 Å². The van der Waals surface area contributed by atoms with Gasteiger partial charge in [0.2, 0.25) is 5.88 Å². The Labute approximate surface area is 124 Å². The summed E-state index contributed by atoms with van der Waals surface area (Å²) in [6.45, 7) is 1.78. The van der Waals surface area contributed by atoms with Crippen molar-refractivity contribution in [2.45, 2.75) is 31.3 Å². The van der Waals surface area contributed by atoms with Gasteiger partial charge in [0.15, 0.2) is 0 Å². The molecule has 0 atom stereocenters. The van der Waals surface area contributed by atoms with E-state index in [0.29, 0.717) is 5.88 Å². The van der Waals surface area contributed by atoms with Crippen LogP contribution >= 0.6 is 0 Å². The minimum absolute atomic E-state index is 0.556. The summed E-state index contributed by atoms with van der Waals surface area (Å²) in [5.74, 6) is 0.595. The summed E-state index contributed by atoms with van der Waals surface area (Å²) in [6, 6.07) is 5.72. The smallest absolute Gasteiger partial charge is 0.213 e. The number of piperidine rings is 1. The van der Waals surface area contributed by atoms with Crippen molar-refractivity contribution < 1.29 is 9.84 Å². The van der Waals surface area contributed by atoms with Crippen LogP contribution in [0.1, 0.15) is 24.8 Å². The average molecular weight is 287 g/mol. The summed E-state index contributed by atoms with van der Waals surface area (Å²) in [7, 11) is 1.61. The molecule has 5 nitrogen and oxygen atoms in total. The molecule has 0 aromatic carbocycles. The molecule has 0 aliphatic carbocycles. The summed E-state index contributed by atoms with van der Waals surface area (Å²) < 4.78 is 5.20. The van der Waals surface area contributed by atoms with Crippen LogP contribution in [-0.4, -0.2) is 40.9 Å². The van der Waals surface area contributed by atoms with Gasteiger partial charge in [0.1, 0.15) is 0 Å². The van der Waals surface area contributed by atoms with Gasteiger partial charge >= 0.3 is 0 Å². The minimum Gasteiger partial charge on any atom is -0.481 e. The second-order valence-corrected chi connectivity index (χ2v) is 5.67. The topological polar surface area (TPSA) is 67.3 Å². The van der Waals surface area contributed by atoms with Gasteiger partial charge in [-0.15, -0.1) is 0 Å². The molecule has 2 aromatic rings. The van der Waals surface area contributed by atoms with Gasteiger partial charge in [0.05, 0.1) is 23.7 Å². The van der Waals surface area contributed by atoms with E-state index in [0.717, 1.165) is 55.4 Å². The zero-order valence-electron chi connectivity index (χ0n) is 12.3. The van der Waals surface area contributed by atoms with Crippen LogP contribution in [0.25, 0.3) is 11.0 Å². The SMILES string of the molecule is COc1ccc2nccc(CCC3(O)CCNCC3)c2n1. The molecule has 1 aliphatic heterocycles. The maximum Gasteiger partial charge on any atom is 0.213 e. The standard InChI is InChI=1S/C16H21N3O2/c1-21-14-3-2-13-15(19-14)12(5-9-18-13)4-6-16(20)7-10-17-11-8-16/h2-3,5,9,17,20H,4,6-8,10-11H2,1H3. The number of hydrogen-bond donors (Lipinski definition) is 2. The van der Waals surface area contributed by atoms with Crippen molar-refractivity contribution in [3.05, 3.63) is 30.0 Å². The fourth-order valence-electron chi connectivity index (χ4n) is 2.89. The molecule has 2 N–H and O–H groups in total. The molecule has 3 heterocycles. The van der Waals surface area contributed by atoms with E-state index in [1.807, 2.05) is 18.2 Å². The lowest BCUT2D eigenvalue weighted by Crippen LogP contribution is -2.42. The average Bonchev–Trinajstić information content (AvgIpc) is 2.53. The number of nitrogens with zero attached hydrogens (tertiary/aromatic N) is 2. The second-order valence-electron chi connectivity index (χ2n) is 5.67. The Kier molecular flexibility index (Phi) is 4.03. The second kappa shape index (κ2) is 5.95. The number of methoxy groups -OCH3 is 1. The van der Waals surface area contributed by atoms with Crippen LogP contribution < -0.4 is 10.1 Å². The van der Waals surface area contributed by atoms with Crippen LogP contribution in [-0.2, 0) is 6.42 Å². The van der Waals surface area contributed by atoms with Crippen molar-refractivity contribution in [1.29, 1.82) is 0 Å². The lowest BCUT2D eigenvalue weighted by molar-refractivity contribution is 0.00288. The summed E-state index contributed by atoms with van der Waals surface area (Å²) >= 11 is 0. The Balaban J connectivity index is 1.82. The maximum atomic E-state index is 10.6. The Bertz CT molecular complexity index is 624. The zero-order chi connectivity index (χ0) is 14.7. The first-order valence-electron chi connectivity index (χ1n) is 7.42. The van der Waals surface area contributed by atoms with Crippen molar-refractivity contribution in [2.75, 3.05) is 20.2 Å². The predicted octanol–water partition coefficient (Wildman–Crippen LogP) is 1.69. The van der Waals surface area contributed by atoms with Crippen LogP contribution in [0.3, 0.4) is 0 Å². The number of pyridine rings is 2. The Hall–Kier alpha value is -1.72. The number of fused-ring (bicyclic) bond motifs is 1. The Morgan fingerprint density at radius 1 is 1.29 bits per heavy atom. The Morgan fingerprint density at radius 2 is 2.10 bits per heavy atom. The largest absolute Gasteiger partial charge is 0.481 e. The van der Waals surface area contributed by atoms with Crippen LogP contribution in [0.5, 0.6) is 5.88 Å². The number of hydrogen-bond acceptors (Lipinski definition) is 5. The first-order chi connectivity index (χ1) is 10.2. The van der Waals surface area contributed by atoms with Crippen molar-refractivity contribution in [1.82, 2.24) is 15.3 Å². The highest BCUT2D eigenvalue weighted by Crippen LogP contribution is 2.26. The molecular weight excluding hydrogens is 266 g/mol. The third-order valence-electron chi connectivity index (χ3n) is 4.25. The molecular formula is C16H21N3O2. The molecule has 0 unspecified atom stereocenters. The highest BCUT2D eigenvalue weighted by atomic mass is 16.5. The lowest BCUT2D eigenvalue weighted by Gasteiger charge is -2.32. The molecule has 3 rings (SSSR count). The van der Waals surface area contributed by atoms with Crippen LogP contribution in [0.4, 0.5) is 0 Å². The van der Waals surface area contributed by atoms with E-state index < -0.39 is 5.60 Å². The van der Waals surface area contributed by atoms with Crippen LogP contribution in [0.15, 0.2) is 24.4 Å². The molecule has 0 spiro atoms. The predicted molar refractivity (Wildman–Crippen MR) is 81.5 cm³/mol. The van der Waals surface area contributed by atoms with E-state index >= 15 is 0 Å². The minimum atomic E-state index is -0.556. The summed E-state index contributed by atoms with van der Waals surface area (Å²) in [4.78, 5) is 8.84. The number of rotatable bonds is 4. The summed E-state index contributed by atoms with van der Waals surface area (Å²) in [5.41, 5.74) is 2.30. The van der Waals surface area contributed by atoms with E-state index in [2.05, 4.69) is 15.3 Å². The third-order valence-corrected chi connectivity index (χ3v) is 4.25. The fraction of sp³-hybridized carbons (Fsp3) is 0.500. The molecule has 2 aromatic heterocycles. The first-order valence-corrected chi connectivity index (χ1v) is 7.42. The van der Waals surface area contributed by atoms with Crippen molar-refractivity contribution in [3.8, 4) is 5.88 Å². The molecule has 1 fully saturated rings. The van der Waals surface area contributed by atoms with E-state index in [9.17, 15) is 5.11 Å². The summed E-state index contributed by atoms with van der Waals surface area (Å²) in [6.07, 6.45) is 4.99. The Morgan fingerprint density at radius 3 is 2.86 bits per heavy atom. The molecule has 21 heavy (non-hydrogen) atoms. The number of aryl methyl sites for hydroxylation is 1. The van der Waals surface area contributed by atoms with Gasteiger partial charge < -0.3 is 15.2 Å². The fourth-order valence-corrected chi connectivity index (χ4v) is 2.89. The van der Waals surface area contributed by atoms with Crippen molar-refractivity contribution in [3.63, 3.8) is 0 Å². The third kappa shape index (κ3) is 3.14.